The Kier molecular flexibility index (Phi) is 11.7. The van der Waals surface area contributed by atoms with Gasteiger partial charge in [0.15, 0.2) is 5.82 Å². The molecule has 7 heterocycles. The Bertz CT molecular complexity index is 3010. The molecule has 3 N–H and O–H groups in total. The number of piperidine rings is 3. The molecule has 0 bridgehead atoms. The first-order valence-corrected chi connectivity index (χ1v) is 26.1. The first-order chi connectivity index (χ1) is 34.7. The summed E-state index contributed by atoms with van der Waals surface area (Å²) in [5.74, 6) is -1.59. The summed E-state index contributed by atoms with van der Waals surface area (Å²) in [4.78, 5) is 63.0. The third-order valence-electron chi connectivity index (χ3n) is 17.4. The van der Waals surface area contributed by atoms with Crippen LogP contribution in [0.3, 0.4) is 0 Å². The number of fused-ring (bicyclic) bond motifs is 3. The molecule has 5 aliphatic heterocycles. The molecule has 17 heteroatoms. The monoisotopic (exact) mass is 983 g/mol. The van der Waals surface area contributed by atoms with Crippen molar-refractivity contribution >= 4 is 50.9 Å². The first-order valence-electron chi connectivity index (χ1n) is 26.1. The number of nitrogens with one attached hydrogen (secondary N) is 1. The van der Waals surface area contributed by atoms with Crippen molar-refractivity contribution in [3.63, 3.8) is 0 Å². The van der Waals surface area contributed by atoms with Crippen molar-refractivity contribution in [3.05, 3.63) is 77.0 Å². The lowest BCUT2D eigenvalue weighted by molar-refractivity contribution is -0.136. The van der Waals surface area contributed by atoms with E-state index >= 15 is 8.78 Å². The van der Waals surface area contributed by atoms with Gasteiger partial charge in [-0.25, -0.2) is 8.78 Å². The average molecular weight is 984 g/mol. The van der Waals surface area contributed by atoms with Crippen LogP contribution >= 0.6 is 0 Å². The SMILES string of the molecule is CCc1c(F)ccc2cc(O)cc(-c3ncc4c(N5CCC[C@@](C)(O)C5)nc(OCC5(CN6CCN(C7CC8(CCN(c9ccc%10c(c9)CN(C9CCC(=O)NC9=O)C%10=O)CC8)C7)CC6)CC5)nc4c3F)c12. The molecule has 3 aromatic carbocycles. The Morgan fingerprint density at radius 2 is 1.68 bits per heavy atom. The molecule has 6 fully saturated rings. The number of hydrogen-bond acceptors (Lipinski definition) is 13. The quantitative estimate of drug-likeness (QED) is 0.119. The smallest absolute Gasteiger partial charge is 0.319 e. The van der Waals surface area contributed by atoms with E-state index in [-0.39, 0.29) is 58.1 Å². The van der Waals surface area contributed by atoms with Crippen molar-refractivity contribution in [2.24, 2.45) is 10.8 Å². The van der Waals surface area contributed by atoms with Crippen LogP contribution in [0.15, 0.2) is 48.7 Å². The average Bonchev–Trinajstić information content (AvgIpc) is 4.05. The lowest BCUT2D eigenvalue weighted by atomic mass is 9.60. The number of amides is 3. The van der Waals surface area contributed by atoms with Crippen molar-refractivity contribution in [2.45, 2.75) is 109 Å². The van der Waals surface area contributed by atoms with Gasteiger partial charge in [0.2, 0.25) is 11.8 Å². The highest BCUT2D eigenvalue weighted by Gasteiger charge is 2.50. The number of carbonyl (C=O) groups is 3. The number of β-amino-alcohol motifs (C(OH)–C–C–N with tert-alkyl or cyclic N) is 1. The fourth-order valence-corrected chi connectivity index (χ4v) is 13.1. The Labute approximate surface area is 417 Å². The van der Waals surface area contributed by atoms with E-state index in [4.69, 9.17) is 14.7 Å². The number of aromatic nitrogens is 3. The number of nitrogens with zero attached hydrogens (tertiary/aromatic N) is 8. The molecular weight excluding hydrogens is 921 g/mol. The van der Waals surface area contributed by atoms with Gasteiger partial charge < -0.3 is 34.5 Å². The van der Waals surface area contributed by atoms with Gasteiger partial charge in [0.05, 0.1) is 17.6 Å². The molecule has 2 aromatic heterocycles. The number of aromatic hydroxyl groups is 1. The second-order valence-electron chi connectivity index (χ2n) is 22.4. The molecule has 3 amide bonds. The summed E-state index contributed by atoms with van der Waals surface area (Å²) in [6.07, 6.45) is 10.6. The topological polar surface area (TPSA) is 168 Å². The van der Waals surface area contributed by atoms with Gasteiger partial charge in [-0.2, -0.15) is 9.97 Å². The second-order valence-corrected chi connectivity index (χ2v) is 22.4. The van der Waals surface area contributed by atoms with Gasteiger partial charge >= 0.3 is 6.01 Å². The number of hydrogen-bond donors (Lipinski definition) is 3. The summed E-state index contributed by atoms with van der Waals surface area (Å²) >= 11 is 0. The third-order valence-corrected chi connectivity index (χ3v) is 17.4. The van der Waals surface area contributed by atoms with Crippen LogP contribution in [0.1, 0.15) is 99.5 Å². The van der Waals surface area contributed by atoms with E-state index in [1.54, 1.807) is 24.0 Å². The van der Waals surface area contributed by atoms with Crippen molar-refractivity contribution in [3.8, 4) is 23.0 Å². The number of carbonyl (C=O) groups excluding carboxylic acids is 3. The molecule has 15 nitrogen and oxygen atoms in total. The Morgan fingerprint density at radius 3 is 2.42 bits per heavy atom. The molecule has 2 aliphatic carbocycles. The van der Waals surface area contributed by atoms with E-state index in [2.05, 4.69) is 31.1 Å². The van der Waals surface area contributed by atoms with Crippen LogP contribution < -0.4 is 19.9 Å². The molecule has 1 spiro atoms. The van der Waals surface area contributed by atoms with E-state index < -0.39 is 23.3 Å². The number of aliphatic hydroxyl groups is 1. The van der Waals surface area contributed by atoms with Crippen LogP contribution in [0.4, 0.5) is 20.3 Å². The minimum Gasteiger partial charge on any atom is -0.508 e. The van der Waals surface area contributed by atoms with Gasteiger partial charge in [0.25, 0.3) is 5.91 Å². The number of rotatable bonds is 11. The number of pyridine rings is 1. The van der Waals surface area contributed by atoms with Crippen LogP contribution in [0.5, 0.6) is 11.8 Å². The summed E-state index contributed by atoms with van der Waals surface area (Å²) in [6, 6.07) is 12.0. The number of imide groups is 1. The van der Waals surface area contributed by atoms with Crippen molar-refractivity contribution in [2.75, 3.05) is 75.3 Å². The van der Waals surface area contributed by atoms with E-state index in [0.29, 0.717) is 90.1 Å². The van der Waals surface area contributed by atoms with Gasteiger partial charge in [-0.1, -0.05) is 13.0 Å². The lowest BCUT2D eigenvalue weighted by Crippen LogP contribution is -2.59. The highest BCUT2D eigenvalue weighted by atomic mass is 19.1. The molecule has 72 heavy (non-hydrogen) atoms. The molecular formula is C55H63F2N9O6. The molecule has 7 aliphatic rings. The minimum absolute atomic E-state index is 0.0138. The highest BCUT2D eigenvalue weighted by Crippen LogP contribution is 2.52. The van der Waals surface area contributed by atoms with Crippen molar-refractivity contribution in [1.29, 1.82) is 0 Å². The number of benzene rings is 3. The second kappa shape index (κ2) is 17.9. The zero-order valence-electron chi connectivity index (χ0n) is 41.2. The maximum absolute atomic E-state index is 17.2. The van der Waals surface area contributed by atoms with Crippen LogP contribution in [0.2, 0.25) is 0 Å². The number of phenolic OH excluding ortho intramolecular Hbond substituents is 1. The predicted molar refractivity (Wildman–Crippen MR) is 268 cm³/mol. The first kappa shape index (κ1) is 47.0. The van der Waals surface area contributed by atoms with Gasteiger partial charge in [0, 0.05) is 106 Å². The van der Waals surface area contributed by atoms with Gasteiger partial charge in [-0.3, -0.25) is 29.6 Å². The van der Waals surface area contributed by atoms with Crippen molar-refractivity contribution < 1.29 is 38.1 Å². The normalized spacial score (nSPS) is 24.5. The highest BCUT2D eigenvalue weighted by molar-refractivity contribution is 6.06. The number of ether oxygens (including phenoxy) is 1. The Morgan fingerprint density at radius 1 is 0.889 bits per heavy atom. The van der Waals surface area contributed by atoms with Crippen LogP contribution in [-0.4, -0.2) is 141 Å². The predicted octanol–water partition coefficient (Wildman–Crippen LogP) is 6.73. The Balaban J connectivity index is 0.676. The molecule has 378 valence electrons. The van der Waals surface area contributed by atoms with Gasteiger partial charge in [-0.05, 0) is 135 Å². The number of aryl methyl sites for hydroxylation is 1. The number of piperazine rings is 1. The fourth-order valence-electron chi connectivity index (χ4n) is 13.1. The number of phenols is 1. The molecule has 2 atom stereocenters. The molecule has 2 saturated carbocycles. The molecule has 5 aromatic rings. The van der Waals surface area contributed by atoms with E-state index in [9.17, 15) is 24.6 Å². The summed E-state index contributed by atoms with van der Waals surface area (Å²) in [7, 11) is 0. The summed E-state index contributed by atoms with van der Waals surface area (Å²) in [6.45, 7) is 12.2. The number of halogens is 2. The summed E-state index contributed by atoms with van der Waals surface area (Å²) in [5, 5.41) is 25.7. The van der Waals surface area contributed by atoms with Crippen LogP contribution in [0, 0.1) is 22.5 Å². The summed E-state index contributed by atoms with van der Waals surface area (Å²) < 4.78 is 38.8. The molecule has 0 radical (unpaired) electrons. The summed E-state index contributed by atoms with van der Waals surface area (Å²) in [5.41, 5.74) is 2.70. The van der Waals surface area contributed by atoms with Crippen LogP contribution in [0.25, 0.3) is 32.9 Å². The van der Waals surface area contributed by atoms with Gasteiger partial charge in [-0.15, -0.1) is 0 Å². The third kappa shape index (κ3) is 8.57. The van der Waals surface area contributed by atoms with E-state index in [1.165, 1.54) is 31.2 Å². The zero-order chi connectivity index (χ0) is 49.7. The lowest BCUT2D eigenvalue weighted by Gasteiger charge is -2.56. The van der Waals surface area contributed by atoms with Gasteiger partial charge in [0.1, 0.15) is 34.6 Å². The number of anilines is 2. The maximum Gasteiger partial charge on any atom is 0.319 e. The minimum atomic E-state index is -0.965. The van der Waals surface area contributed by atoms with E-state index in [0.717, 1.165) is 89.2 Å². The van der Waals surface area contributed by atoms with Crippen LogP contribution in [-0.2, 0) is 22.6 Å². The zero-order valence-corrected chi connectivity index (χ0v) is 41.2. The standard InChI is InChI=1S/C55H63F2N9O6/c1-3-38-42(56)8-5-33-24-37(67)25-40(45(33)38)47-46(57)48-41(28-58-47)49(65-16-4-11-53(2,71)30-65)61-52(60-48)72-32-55(12-13-55)31-62-19-21-64(22-20-62)36-26-54(27-36)14-17-63(18-15-54)35-6-7-39-34(23-35)29-66(51(39)70)43-9-10-44(68)59-50(43)69/h5-8,23-25,28,36,43,67,71H,3-4,9-22,26-27,29-32H2,1-2H3,(H,59,68,69)/t43?,53-/m1/s1. The van der Waals surface area contributed by atoms with Crippen molar-refractivity contribution in [1.82, 2.24) is 35.0 Å². The fraction of sp³-hybridized carbons (Fsp3) is 0.527. The largest absolute Gasteiger partial charge is 0.508 e. The molecule has 12 rings (SSSR count). The Hall–Kier alpha value is -6.04. The van der Waals surface area contributed by atoms with E-state index in [1.807, 2.05) is 24.0 Å². The maximum atomic E-state index is 17.2. The molecule has 1 unspecified atom stereocenters. The molecule has 4 saturated heterocycles.